The monoisotopic (exact) mass is 547 g/mol. The van der Waals surface area contributed by atoms with E-state index >= 15 is 4.39 Å². The van der Waals surface area contributed by atoms with Crippen LogP contribution in [-0.2, 0) is 11.2 Å². The number of imide groups is 1. The SMILES string of the molecule is CCOc1nc(N2CCCC3(C2)NC(=O)NC3=O)c2ccc(-c3cc(O)cc4ccc(F)c(CC)c34)c(F)c2n1. The van der Waals surface area contributed by atoms with Crippen molar-refractivity contribution in [2.75, 3.05) is 24.6 Å². The van der Waals surface area contributed by atoms with Crippen molar-refractivity contribution < 1.29 is 28.2 Å². The molecule has 2 fully saturated rings. The van der Waals surface area contributed by atoms with Crippen molar-refractivity contribution in [3.63, 3.8) is 0 Å². The summed E-state index contributed by atoms with van der Waals surface area (Å²) >= 11 is 0. The lowest BCUT2D eigenvalue weighted by Crippen LogP contribution is -2.58. The molecule has 3 heterocycles. The number of urea groups is 1. The second-order valence-corrected chi connectivity index (χ2v) is 10.1. The predicted octanol–water partition coefficient (Wildman–Crippen LogP) is 4.57. The number of amides is 3. The Labute approximate surface area is 228 Å². The van der Waals surface area contributed by atoms with Gasteiger partial charge in [0, 0.05) is 17.5 Å². The Kier molecular flexibility index (Phi) is 6.16. The normalized spacial score (nSPS) is 18.9. The number of rotatable bonds is 5. The van der Waals surface area contributed by atoms with Crippen molar-refractivity contribution in [2.45, 2.75) is 38.6 Å². The first-order valence-electron chi connectivity index (χ1n) is 13.2. The number of ether oxygens (including phenoxy) is 1. The lowest BCUT2D eigenvalue weighted by atomic mass is 9.89. The maximum absolute atomic E-state index is 16.5. The molecule has 9 nitrogen and oxygen atoms in total. The molecule has 1 aromatic heterocycles. The number of anilines is 1. The highest BCUT2D eigenvalue weighted by Gasteiger charge is 2.49. The van der Waals surface area contributed by atoms with Crippen molar-refractivity contribution in [1.82, 2.24) is 20.6 Å². The van der Waals surface area contributed by atoms with E-state index in [-0.39, 0.29) is 36.0 Å². The number of phenolic OH excluding ortho intramolecular Hbond substituents is 1. The summed E-state index contributed by atoms with van der Waals surface area (Å²) in [5.74, 6) is -1.21. The van der Waals surface area contributed by atoms with Gasteiger partial charge in [0.25, 0.3) is 5.91 Å². The molecule has 1 unspecified atom stereocenters. The summed E-state index contributed by atoms with van der Waals surface area (Å²) in [6.45, 7) is 4.47. The maximum atomic E-state index is 16.5. The van der Waals surface area contributed by atoms with E-state index in [0.29, 0.717) is 58.9 Å². The molecule has 1 spiro atoms. The third-order valence-corrected chi connectivity index (χ3v) is 7.64. The summed E-state index contributed by atoms with van der Waals surface area (Å²) < 4.78 is 36.8. The van der Waals surface area contributed by atoms with Crippen LogP contribution in [0.4, 0.5) is 19.4 Å². The van der Waals surface area contributed by atoms with Crippen LogP contribution in [0.5, 0.6) is 11.8 Å². The Balaban J connectivity index is 1.55. The van der Waals surface area contributed by atoms with Gasteiger partial charge in [-0.2, -0.15) is 9.97 Å². The number of aromatic hydroxyl groups is 1. The van der Waals surface area contributed by atoms with Crippen LogP contribution < -0.4 is 20.3 Å². The number of benzene rings is 3. The van der Waals surface area contributed by atoms with Crippen molar-refractivity contribution in [3.05, 3.63) is 53.6 Å². The van der Waals surface area contributed by atoms with Crippen LogP contribution in [0.2, 0.25) is 0 Å². The number of hydrogen-bond donors (Lipinski definition) is 3. The predicted molar refractivity (Wildman–Crippen MR) is 145 cm³/mol. The molecule has 3 N–H and O–H groups in total. The number of aryl methyl sites for hydroxylation is 1. The molecule has 40 heavy (non-hydrogen) atoms. The zero-order valence-electron chi connectivity index (χ0n) is 22.0. The van der Waals surface area contributed by atoms with E-state index in [1.165, 1.54) is 18.2 Å². The van der Waals surface area contributed by atoms with Crippen LogP contribution in [0, 0.1) is 11.6 Å². The molecular formula is C29H27F2N5O4. The van der Waals surface area contributed by atoms with Gasteiger partial charge >= 0.3 is 12.0 Å². The highest BCUT2D eigenvalue weighted by molar-refractivity contribution is 6.08. The van der Waals surface area contributed by atoms with E-state index < -0.39 is 29.1 Å². The van der Waals surface area contributed by atoms with Gasteiger partial charge in [-0.15, -0.1) is 0 Å². The second-order valence-electron chi connectivity index (χ2n) is 10.1. The standard InChI is InChI=1S/C29H27F2N5O4/c1-3-17-21(30)9-6-15-12-16(37)13-20(22(15)17)18-7-8-19-24(23(18)31)32-28(40-4-2)33-25(19)36-11-5-10-29(14-36)26(38)34-27(39)35-29/h6-9,12-13,37H,3-5,10-11,14H2,1-2H3,(H2,34,35,38,39). The minimum absolute atomic E-state index is 0.0172. The number of nitrogens with zero attached hydrogens (tertiary/aromatic N) is 3. The van der Waals surface area contributed by atoms with Gasteiger partial charge in [-0.05, 0) is 72.4 Å². The van der Waals surface area contributed by atoms with Gasteiger partial charge in [0.05, 0.1) is 13.2 Å². The van der Waals surface area contributed by atoms with Gasteiger partial charge < -0.3 is 20.1 Å². The van der Waals surface area contributed by atoms with Crippen LogP contribution in [0.3, 0.4) is 0 Å². The van der Waals surface area contributed by atoms with Crippen molar-refractivity contribution >= 4 is 39.4 Å². The van der Waals surface area contributed by atoms with Crippen LogP contribution in [0.15, 0.2) is 36.4 Å². The van der Waals surface area contributed by atoms with Crippen molar-refractivity contribution in [3.8, 4) is 22.9 Å². The second kappa shape index (κ2) is 9.58. The lowest BCUT2D eigenvalue weighted by molar-refractivity contribution is -0.124. The fraction of sp³-hybridized carbons (Fsp3) is 0.310. The van der Waals surface area contributed by atoms with Gasteiger partial charge in [0.2, 0.25) is 0 Å². The molecule has 0 aliphatic carbocycles. The summed E-state index contributed by atoms with van der Waals surface area (Å²) in [6, 6.07) is 8.49. The van der Waals surface area contributed by atoms with Crippen LogP contribution >= 0.6 is 0 Å². The van der Waals surface area contributed by atoms with E-state index in [1.807, 2.05) is 11.8 Å². The number of carbonyl (C=O) groups excluding carboxylic acids is 2. The zero-order chi connectivity index (χ0) is 28.2. The third-order valence-electron chi connectivity index (χ3n) is 7.64. The van der Waals surface area contributed by atoms with Gasteiger partial charge in [0.1, 0.15) is 28.4 Å². The van der Waals surface area contributed by atoms with E-state index in [9.17, 15) is 19.1 Å². The number of fused-ring (bicyclic) bond motifs is 2. The van der Waals surface area contributed by atoms with Crippen LogP contribution in [0.1, 0.15) is 32.3 Å². The summed E-state index contributed by atoms with van der Waals surface area (Å²) in [6.07, 6.45) is 1.42. The van der Waals surface area contributed by atoms with E-state index in [1.54, 1.807) is 25.1 Å². The first-order chi connectivity index (χ1) is 19.2. The van der Waals surface area contributed by atoms with Crippen molar-refractivity contribution in [2.24, 2.45) is 0 Å². The number of aromatic nitrogens is 2. The zero-order valence-corrected chi connectivity index (χ0v) is 22.0. The number of nitrogens with one attached hydrogen (secondary N) is 2. The molecule has 2 aliphatic rings. The first kappa shape index (κ1) is 25.7. The Bertz CT molecular complexity index is 1710. The van der Waals surface area contributed by atoms with Gasteiger partial charge in [-0.25, -0.2) is 13.6 Å². The third kappa shape index (κ3) is 4.04. The summed E-state index contributed by atoms with van der Waals surface area (Å²) in [4.78, 5) is 35.3. The van der Waals surface area contributed by atoms with E-state index in [0.717, 1.165) is 0 Å². The smallest absolute Gasteiger partial charge is 0.322 e. The Hall–Kier alpha value is -4.54. The minimum Gasteiger partial charge on any atom is -0.508 e. The molecule has 2 saturated heterocycles. The topological polar surface area (TPSA) is 117 Å². The molecule has 3 aromatic carbocycles. The number of hydrogen-bond acceptors (Lipinski definition) is 7. The van der Waals surface area contributed by atoms with Gasteiger partial charge in [0.15, 0.2) is 5.82 Å². The number of phenols is 1. The summed E-state index contributed by atoms with van der Waals surface area (Å²) in [7, 11) is 0. The number of halogens is 2. The van der Waals surface area contributed by atoms with E-state index in [2.05, 4.69) is 20.6 Å². The molecule has 0 radical (unpaired) electrons. The Morgan fingerprint density at radius 3 is 2.65 bits per heavy atom. The molecule has 1 atom stereocenters. The largest absolute Gasteiger partial charge is 0.508 e. The molecule has 0 bridgehead atoms. The fourth-order valence-corrected chi connectivity index (χ4v) is 5.88. The molecule has 2 aliphatic heterocycles. The van der Waals surface area contributed by atoms with Gasteiger partial charge in [-0.1, -0.05) is 19.1 Å². The van der Waals surface area contributed by atoms with Crippen LogP contribution in [0.25, 0.3) is 32.8 Å². The van der Waals surface area contributed by atoms with E-state index in [4.69, 9.17) is 4.74 Å². The van der Waals surface area contributed by atoms with Crippen LogP contribution in [-0.4, -0.2) is 52.2 Å². The molecular weight excluding hydrogens is 520 g/mol. The maximum Gasteiger partial charge on any atom is 0.322 e. The van der Waals surface area contributed by atoms with Crippen molar-refractivity contribution in [1.29, 1.82) is 0 Å². The quantitative estimate of drug-likeness (QED) is 0.313. The Morgan fingerprint density at radius 1 is 1.10 bits per heavy atom. The average molecular weight is 548 g/mol. The summed E-state index contributed by atoms with van der Waals surface area (Å²) in [5, 5.41) is 17.0. The summed E-state index contributed by atoms with van der Waals surface area (Å²) in [5.41, 5.74) is -0.236. The fourth-order valence-electron chi connectivity index (χ4n) is 5.88. The first-order valence-corrected chi connectivity index (χ1v) is 13.2. The minimum atomic E-state index is -1.11. The molecule has 6 rings (SSSR count). The number of piperidine rings is 1. The molecule has 3 amide bonds. The Morgan fingerprint density at radius 2 is 1.93 bits per heavy atom. The highest BCUT2D eigenvalue weighted by Crippen LogP contribution is 2.41. The molecule has 4 aromatic rings. The molecule has 11 heteroatoms. The number of carbonyl (C=O) groups is 2. The lowest BCUT2D eigenvalue weighted by Gasteiger charge is -2.39. The average Bonchev–Trinajstić information content (AvgIpc) is 3.20. The highest BCUT2D eigenvalue weighted by atomic mass is 19.1. The molecule has 0 saturated carbocycles. The van der Waals surface area contributed by atoms with Gasteiger partial charge in [-0.3, -0.25) is 10.1 Å². The molecule has 206 valence electrons.